The highest BCUT2D eigenvalue weighted by atomic mass is 35.5. The standard InChI is InChI=1S/C14H22N2O3S.ClH/c1-3-19-12-5-4-6-13(9-12)20(17,18)16-14-7-8-15-10-11(14)2;/h4-6,9,11,14-16H,3,7-8,10H2,1-2H3;1H. The molecule has 7 heteroatoms. The number of halogens is 1. The van der Waals surface area contributed by atoms with Gasteiger partial charge in [-0.25, -0.2) is 13.1 Å². The summed E-state index contributed by atoms with van der Waals surface area (Å²) in [5, 5.41) is 3.26. The van der Waals surface area contributed by atoms with Crippen LogP contribution in [-0.4, -0.2) is 34.2 Å². The summed E-state index contributed by atoms with van der Waals surface area (Å²) in [7, 11) is -3.49. The number of hydrogen-bond donors (Lipinski definition) is 2. The van der Waals surface area contributed by atoms with Gasteiger partial charge in [-0.1, -0.05) is 13.0 Å². The van der Waals surface area contributed by atoms with Crippen LogP contribution >= 0.6 is 12.4 Å². The van der Waals surface area contributed by atoms with E-state index in [9.17, 15) is 8.42 Å². The Morgan fingerprint density at radius 1 is 1.43 bits per heavy atom. The molecule has 0 amide bonds. The van der Waals surface area contributed by atoms with Crippen LogP contribution in [0.3, 0.4) is 0 Å². The third-order valence-corrected chi connectivity index (χ3v) is 5.01. The lowest BCUT2D eigenvalue weighted by Gasteiger charge is -2.29. The molecule has 1 aromatic rings. The lowest BCUT2D eigenvalue weighted by molar-refractivity contribution is 0.327. The van der Waals surface area contributed by atoms with Crippen LogP contribution in [0.2, 0.25) is 0 Å². The van der Waals surface area contributed by atoms with Crippen molar-refractivity contribution in [3.05, 3.63) is 24.3 Å². The highest BCUT2D eigenvalue weighted by molar-refractivity contribution is 7.89. The summed E-state index contributed by atoms with van der Waals surface area (Å²) in [6.45, 7) is 6.12. The number of sulfonamides is 1. The Morgan fingerprint density at radius 3 is 2.86 bits per heavy atom. The molecule has 0 aromatic heterocycles. The SMILES string of the molecule is CCOc1cccc(S(=O)(=O)NC2CCNCC2C)c1.Cl. The Balaban J connectivity index is 0.00000220. The van der Waals surface area contributed by atoms with Crippen molar-refractivity contribution in [2.24, 2.45) is 5.92 Å². The minimum absolute atomic E-state index is 0. The average molecular weight is 335 g/mol. The van der Waals surface area contributed by atoms with Gasteiger partial charge < -0.3 is 10.1 Å². The number of ether oxygens (including phenoxy) is 1. The molecule has 0 saturated carbocycles. The normalized spacial score (nSPS) is 22.4. The predicted octanol–water partition coefficient (Wildman–Crippen LogP) is 1.78. The van der Waals surface area contributed by atoms with Crippen LogP contribution in [-0.2, 0) is 10.0 Å². The molecule has 5 nitrogen and oxygen atoms in total. The summed E-state index contributed by atoms with van der Waals surface area (Å²) in [6.07, 6.45) is 0.811. The fourth-order valence-corrected chi connectivity index (χ4v) is 3.77. The zero-order valence-corrected chi connectivity index (χ0v) is 14.0. The molecule has 2 atom stereocenters. The molecule has 0 bridgehead atoms. The van der Waals surface area contributed by atoms with Crippen molar-refractivity contribution in [3.63, 3.8) is 0 Å². The fraction of sp³-hybridized carbons (Fsp3) is 0.571. The van der Waals surface area contributed by atoms with Gasteiger partial charge in [0, 0.05) is 12.1 Å². The van der Waals surface area contributed by atoms with E-state index in [0.29, 0.717) is 12.4 Å². The maximum Gasteiger partial charge on any atom is 0.240 e. The van der Waals surface area contributed by atoms with Gasteiger partial charge in [0.1, 0.15) is 5.75 Å². The number of piperidine rings is 1. The Hall–Kier alpha value is -0.820. The van der Waals surface area contributed by atoms with E-state index in [1.807, 2.05) is 6.92 Å². The van der Waals surface area contributed by atoms with E-state index in [4.69, 9.17) is 4.74 Å². The smallest absolute Gasteiger partial charge is 0.240 e. The van der Waals surface area contributed by atoms with Gasteiger partial charge in [0.2, 0.25) is 10.0 Å². The second kappa shape index (κ2) is 7.98. The van der Waals surface area contributed by atoms with Gasteiger partial charge in [0.25, 0.3) is 0 Å². The topological polar surface area (TPSA) is 67.4 Å². The zero-order valence-electron chi connectivity index (χ0n) is 12.3. The van der Waals surface area contributed by atoms with E-state index in [-0.39, 0.29) is 29.3 Å². The van der Waals surface area contributed by atoms with Crippen LogP contribution in [0.4, 0.5) is 0 Å². The second-order valence-corrected chi connectivity index (χ2v) is 6.82. The molecule has 0 aliphatic carbocycles. The summed E-state index contributed by atoms with van der Waals surface area (Å²) in [4.78, 5) is 0.259. The van der Waals surface area contributed by atoms with Gasteiger partial charge in [0.05, 0.1) is 11.5 Å². The molecule has 1 aromatic carbocycles. The molecule has 1 aliphatic rings. The minimum Gasteiger partial charge on any atom is -0.494 e. The number of nitrogens with one attached hydrogen (secondary N) is 2. The first-order chi connectivity index (χ1) is 9.53. The maximum atomic E-state index is 12.4. The summed E-state index contributed by atoms with van der Waals surface area (Å²) in [5.74, 6) is 0.863. The van der Waals surface area contributed by atoms with E-state index in [1.54, 1.807) is 24.3 Å². The van der Waals surface area contributed by atoms with Crippen LogP contribution in [0.5, 0.6) is 5.75 Å². The van der Waals surface area contributed by atoms with Gasteiger partial charge >= 0.3 is 0 Å². The minimum atomic E-state index is -3.49. The van der Waals surface area contributed by atoms with Crippen molar-refractivity contribution < 1.29 is 13.2 Å². The summed E-state index contributed by atoms with van der Waals surface area (Å²) >= 11 is 0. The lowest BCUT2D eigenvalue weighted by atomic mass is 9.97. The van der Waals surface area contributed by atoms with Crippen molar-refractivity contribution in [2.45, 2.75) is 31.2 Å². The number of rotatable bonds is 5. The van der Waals surface area contributed by atoms with Crippen molar-refractivity contribution in [3.8, 4) is 5.75 Å². The third kappa shape index (κ3) is 4.85. The lowest BCUT2D eigenvalue weighted by Crippen LogP contribution is -2.48. The molecule has 0 spiro atoms. The first-order valence-corrected chi connectivity index (χ1v) is 8.47. The second-order valence-electron chi connectivity index (χ2n) is 5.11. The van der Waals surface area contributed by atoms with E-state index < -0.39 is 10.0 Å². The average Bonchev–Trinajstić information content (AvgIpc) is 2.42. The molecule has 2 unspecified atom stereocenters. The molecule has 120 valence electrons. The fourth-order valence-electron chi connectivity index (χ4n) is 2.35. The predicted molar refractivity (Wildman–Crippen MR) is 85.6 cm³/mol. The zero-order chi connectivity index (χ0) is 14.6. The first-order valence-electron chi connectivity index (χ1n) is 6.99. The monoisotopic (exact) mass is 334 g/mol. The van der Waals surface area contributed by atoms with E-state index >= 15 is 0 Å². The molecule has 2 rings (SSSR count). The largest absolute Gasteiger partial charge is 0.494 e. The molecular weight excluding hydrogens is 312 g/mol. The Labute approximate surface area is 132 Å². The van der Waals surface area contributed by atoms with Crippen LogP contribution in [0.1, 0.15) is 20.3 Å². The Kier molecular flexibility index (Phi) is 6.93. The van der Waals surface area contributed by atoms with Crippen molar-refractivity contribution in [2.75, 3.05) is 19.7 Å². The molecular formula is C14H23ClN2O3S. The number of benzene rings is 1. The van der Waals surface area contributed by atoms with Crippen LogP contribution in [0, 0.1) is 5.92 Å². The summed E-state index contributed by atoms with van der Waals surface area (Å²) in [5.41, 5.74) is 0. The third-order valence-electron chi connectivity index (χ3n) is 3.52. The summed E-state index contributed by atoms with van der Waals surface area (Å²) < 4.78 is 33.0. The van der Waals surface area contributed by atoms with Crippen LogP contribution in [0.25, 0.3) is 0 Å². The molecule has 1 aliphatic heterocycles. The van der Waals surface area contributed by atoms with E-state index in [0.717, 1.165) is 19.5 Å². The molecule has 21 heavy (non-hydrogen) atoms. The van der Waals surface area contributed by atoms with Gasteiger partial charge in [-0.05, 0) is 44.5 Å². The van der Waals surface area contributed by atoms with E-state index in [1.165, 1.54) is 0 Å². The van der Waals surface area contributed by atoms with Crippen LogP contribution in [0.15, 0.2) is 29.2 Å². The van der Waals surface area contributed by atoms with Crippen molar-refractivity contribution >= 4 is 22.4 Å². The van der Waals surface area contributed by atoms with Gasteiger partial charge in [-0.15, -0.1) is 12.4 Å². The van der Waals surface area contributed by atoms with Gasteiger partial charge in [0.15, 0.2) is 0 Å². The van der Waals surface area contributed by atoms with E-state index in [2.05, 4.69) is 17.0 Å². The molecule has 1 heterocycles. The maximum absolute atomic E-state index is 12.4. The van der Waals surface area contributed by atoms with Crippen molar-refractivity contribution in [1.82, 2.24) is 10.0 Å². The Morgan fingerprint density at radius 2 is 2.19 bits per heavy atom. The quantitative estimate of drug-likeness (QED) is 0.861. The highest BCUT2D eigenvalue weighted by Crippen LogP contribution is 2.19. The van der Waals surface area contributed by atoms with Crippen LogP contribution < -0.4 is 14.8 Å². The first kappa shape index (κ1) is 18.2. The van der Waals surface area contributed by atoms with Gasteiger partial charge in [-0.3, -0.25) is 0 Å². The Bertz CT molecular complexity index is 551. The molecule has 1 saturated heterocycles. The summed E-state index contributed by atoms with van der Waals surface area (Å²) in [6, 6.07) is 6.60. The molecule has 1 fully saturated rings. The highest BCUT2D eigenvalue weighted by Gasteiger charge is 2.26. The number of hydrogen-bond acceptors (Lipinski definition) is 4. The molecule has 0 radical (unpaired) electrons. The molecule has 2 N–H and O–H groups in total. The van der Waals surface area contributed by atoms with Gasteiger partial charge in [-0.2, -0.15) is 0 Å². The van der Waals surface area contributed by atoms with Crippen molar-refractivity contribution in [1.29, 1.82) is 0 Å².